The van der Waals surface area contributed by atoms with Gasteiger partial charge in [-0.05, 0) is 52.5 Å². The minimum absolute atomic E-state index is 0.0459. The number of H-pyrrole nitrogens is 1. The Labute approximate surface area is 391 Å². The van der Waals surface area contributed by atoms with Crippen molar-refractivity contribution in [1.82, 2.24) is 36.9 Å². The average molecular weight is 924 g/mol. The third kappa shape index (κ3) is 15.5. The lowest BCUT2D eigenvalue weighted by molar-refractivity contribution is -0.142. The number of rotatable bonds is 25. The summed E-state index contributed by atoms with van der Waals surface area (Å²) in [5, 5.41) is 36.5. The van der Waals surface area contributed by atoms with Crippen LogP contribution in [0.5, 0.6) is 0 Å². The van der Waals surface area contributed by atoms with Crippen molar-refractivity contribution in [3.63, 3.8) is 0 Å². The second-order valence-electron chi connectivity index (χ2n) is 17.6. The predicted octanol–water partition coefficient (Wildman–Crippen LogP) is 4.25. The number of benzene rings is 3. The molecule has 17 nitrogen and oxygen atoms in total. The van der Waals surface area contributed by atoms with Crippen LogP contribution in [0.3, 0.4) is 0 Å². The van der Waals surface area contributed by atoms with Gasteiger partial charge in [-0.2, -0.15) is 0 Å². The van der Waals surface area contributed by atoms with Gasteiger partial charge < -0.3 is 47.1 Å². The fourth-order valence-electron chi connectivity index (χ4n) is 7.71. The van der Waals surface area contributed by atoms with Crippen LogP contribution in [-0.2, 0) is 51.2 Å². The Balaban J connectivity index is 1.51. The van der Waals surface area contributed by atoms with Crippen LogP contribution in [0.1, 0.15) is 85.3 Å². The lowest BCUT2D eigenvalue weighted by Crippen LogP contribution is -2.61. The van der Waals surface area contributed by atoms with E-state index in [1.807, 2.05) is 92.7 Å². The lowest BCUT2D eigenvalue weighted by atomic mass is 9.94. The van der Waals surface area contributed by atoms with Crippen LogP contribution >= 0.6 is 0 Å². The SMILES string of the molecule is CC[C@H](C)[C@H](NC(=O)[C@H](CC(=O)O)NC(=O)[C@H](CC(C)C)NC(=O)[C@@H](Cc1cccc(-c2ccccc2)c1)NC(C)=O)C(=O)N[C@H](C(=O)N[C@@H](Cc1c[nH]c2ccccc12)C(=O)O)[C@@H](C)CC. The third-order valence-corrected chi connectivity index (χ3v) is 11.8. The summed E-state index contributed by atoms with van der Waals surface area (Å²) in [6.07, 6.45) is 1.68. The molecule has 9 N–H and O–H groups in total. The van der Waals surface area contributed by atoms with Gasteiger partial charge in [-0.15, -0.1) is 0 Å². The molecule has 1 aromatic heterocycles. The zero-order valence-corrected chi connectivity index (χ0v) is 39.2. The fraction of sp³-hybridized carbons (Fsp3) is 0.440. The van der Waals surface area contributed by atoms with Gasteiger partial charge in [-0.1, -0.05) is 127 Å². The van der Waals surface area contributed by atoms with Crippen molar-refractivity contribution in [2.45, 2.75) is 123 Å². The van der Waals surface area contributed by atoms with Crippen LogP contribution in [0.4, 0.5) is 0 Å². The number of para-hydroxylation sites is 1. The van der Waals surface area contributed by atoms with Gasteiger partial charge >= 0.3 is 11.9 Å². The van der Waals surface area contributed by atoms with E-state index in [9.17, 15) is 48.6 Å². The summed E-state index contributed by atoms with van der Waals surface area (Å²) in [5.41, 5.74) is 4.06. The van der Waals surface area contributed by atoms with E-state index in [-0.39, 0.29) is 25.2 Å². The number of aromatic nitrogens is 1. The Hall–Kier alpha value is -7.04. The number of carboxylic acid groups (broad SMARTS) is 2. The zero-order valence-electron chi connectivity index (χ0n) is 39.2. The molecule has 0 saturated heterocycles. The van der Waals surface area contributed by atoms with Gasteiger partial charge in [0.2, 0.25) is 35.4 Å². The average Bonchev–Trinajstić information content (AvgIpc) is 3.70. The van der Waals surface area contributed by atoms with Crippen molar-refractivity contribution in [3.8, 4) is 11.1 Å². The summed E-state index contributed by atoms with van der Waals surface area (Å²) >= 11 is 0. The number of amides is 6. The first-order chi connectivity index (χ1) is 31.8. The first-order valence-corrected chi connectivity index (χ1v) is 22.7. The van der Waals surface area contributed by atoms with E-state index in [1.165, 1.54) is 6.92 Å². The number of fused-ring (bicyclic) bond motifs is 1. The van der Waals surface area contributed by atoms with Gasteiger partial charge in [0.1, 0.15) is 36.3 Å². The van der Waals surface area contributed by atoms with Crippen LogP contribution in [0, 0.1) is 17.8 Å². The smallest absolute Gasteiger partial charge is 0.326 e. The molecule has 3 aromatic carbocycles. The van der Waals surface area contributed by atoms with E-state index in [1.54, 1.807) is 33.9 Å². The molecule has 0 bridgehead atoms. The molecule has 0 aliphatic rings. The van der Waals surface area contributed by atoms with Crippen molar-refractivity contribution < 1.29 is 48.6 Å². The summed E-state index contributed by atoms with van der Waals surface area (Å²) in [5.74, 6) is -8.50. The Bertz CT molecular complexity index is 2370. The molecular formula is C50H65N7O10. The molecule has 4 aromatic rings. The Morgan fingerprint density at radius 2 is 1.10 bits per heavy atom. The number of hydrogen-bond donors (Lipinski definition) is 9. The number of aliphatic carboxylic acids is 2. The molecule has 0 radical (unpaired) electrons. The van der Waals surface area contributed by atoms with E-state index in [0.717, 1.165) is 27.6 Å². The van der Waals surface area contributed by atoms with Crippen LogP contribution in [0.25, 0.3) is 22.0 Å². The molecule has 0 spiro atoms. The van der Waals surface area contributed by atoms with E-state index in [0.29, 0.717) is 18.4 Å². The van der Waals surface area contributed by atoms with Crippen molar-refractivity contribution in [3.05, 3.63) is 96.2 Å². The summed E-state index contributed by atoms with van der Waals surface area (Å²) < 4.78 is 0. The summed E-state index contributed by atoms with van der Waals surface area (Å²) in [7, 11) is 0. The highest BCUT2D eigenvalue weighted by atomic mass is 16.4. The monoisotopic (exact) mass is 923 g/mol. The summed E-state index contributed by atoms with van der Waals surface area (Å²) in [4.78, 5) is 110. The molecule has 8 atom stereocenters. The Kier molecular flexibility index (Phi) is 19.6. The highest BCUT2D eigenvalue weighted by Crippen LogP contribution is 2.22. The molecule has 0 unspecified atom stereocenters. The van der Waals surface area contributed by atoms with Crippen LogP contribution < -0.4 is 31.9 Å². The minimum atomic E-state index is -1.71. The van der Waals surface area contributed by atoms with E-state index in [4.69, 9.17) is 0 Å². The molecule has 17 heteroatoms. The van der Waals surface area contributed by atoms with E-state index < -0.39 is 102 Å². The van der Waals surface area contributed by atoms with Gasteiger partial charge in [-0.25, -0.2) is 4.79 Å². The lowest BCUT2D eigenvalue weighted by Gasteiger charge is -2.30. The van der Waals surface area contributed by atoms with Gasteiger partial charge in [0.15, 0.2) is 0 Å². The van der Waals surface area contributed by atoms with Crippen LogP contribution in [-0.4, -0.2) is 98.8 Å². The molecule has 1 heterocycles. The standard InChI is InChI=1S/C50H65N7O10/c1-8-29(5)43(48(64)55-41(50(66)67)25-35-27-51-37-21-14-13-20-36(35)37)57-49(65)44(30(6)9-2)56-47(63)40(26-42(59)60)54-45(61)38(22-28(3)4)53-46(62)39(52-31(7)58)24-32-16-15-19-34(23-32)33-17-11-10-12-18-33/h10-21,23,27-30,38-41,43-44,51H,8-9,22,24-26H2,1-7H3,(H,52,58)(H,53,62)(H,54,61)(H,55,64)(H,56,63)(H,57,65)(H,59,60)(H,66,67)/t29-,30-,38-,39+,40-,41-,43-,44-/m0/s1. The number of nitrogens with one attached hydrogen (secondary N) is 7. The number of aromatic amines is 1. The maximum Gasteiger partial charge on any atom is 0.326 e. The molecule has 0 fully saturated rings. The van der Waals surface area contributed by atoms with Gasteiger partial charge in [0, 0.05) is 36.9 Å². The van der Waals surface area contributed by atoms with Gasteiger partial charge in [0.05, 0.1) is 6.42 Å². The number of carboxylic acids is 2. The first-order valence-electron chi connectivity index (χ1n) is 22.7. The van der Waals surface area contributed by atoms with Crippen molar-refractivity contribution in [1.29, 1.82) is 0 Å². The Morgan fingerprint density at radius 3 is 1.70 bits per heavy atom. The fourth-order valence-corrected chi connectivity index (χ4v) is 7.71. The third-order valence-electron chi connectivity index (χ3n) is 11.8. The number of carbonyl (C=O) groups is 8. The molecule has 0 aliphatic carbocycles. The number of carbonyl (C=O) groups excluding carboxylic acids is 6. The highest BCUT2D eigenvalue weighted by Gasteiger charge is 2.37. The molecule has 6 amide bonds. The van der Waals surface area contributed by atoms with E-state index in [2.05, 4.69) is 36.9 Å². The molecule has 0 aliphatic heterocycles. The van der Waals surface area contributed by atoms with Crippen LogP contribution in [0.2, 0.25) is 0 Å². The van der Waals surface area contributed by atoms with Crippen LogP contribution in [0.15, 0.2) is 85.1 Å². The second kappa shape index (κ2) is 25.0. The normalized spacial score (nSPS) is 14.8. The quantitative estimate of drug-likeness (QED) is 0.0456. The van der Waals surface area contributed by atoms with Crippen molar-refractivity contribution >= 4 is 58.3 Å². The maximum absolute atomic E-state index is 14.1. The maximum atomic E-state index is 14.1. The number of hydrogen-bond acceptors (Lipinski definition) is 8. The van der Waals surface area contributed by atoms with Gasteiger partial charge in [0.25, 0.3) is 0 Å². The van der Waals surface area contributed by atoms with Crippen molar-refractivity contribution in [2.75, 3.05) is 0 Å². The predicted molar refractivity (Wildman–Crippen MR) is 253 cm³/mol. The topological polar surface area (TPSA) is 265 Å². The van der Waals surface area contributed by atoms with Gasteiger partial charge in [-0.3, -0.25) is 33.6 Å². The molecular weight excluding hydrogens is 859 g/mol. The summed E-state index contributed by atoms with van der Waals surface area (Å²) in [6, 6.07) is 16.4. The van der Waals surface area contributed by atoms with Crippen molar-refractivity contribution in [2.24, 2.45) is 17.8 Å². The molecule has 0 saturated carbocycles. The first kappa shape index (κ1) is 52.6. The minimum Gasteiger partial charge on any atom is -0.481 e. The highest BCUT2D eigenvalue weighted by molar-refractivity contribution is 5.98. The zero-order chi connectivity index (χ0) is 49.4. The molecule has 67 heavy (non-hydrogen) atoms. The second-order valence-corrected chi connectivity index (χ2v) is 17.6. The largest absolute Gasteiger partial charge is 0.481 e. The van der Waals surface area contributed by atoms with E-state index >= 15 is 0 Å². The molecule has 4 rings (SSSR count). The summed E-state index contributed by atoms with van der Waals surface area (Å²) in [6.45, 7) is 11.8. The molecule has 360 valence electrons. The Morgan fingerprint density at radius 1 is 0.567 bits per heavy atom.